The fraction of sp³-hybridized carbons (Fsp3) is 0.625. The Morgan fingerprint density at radius 3 is 3.14 bits per heavy atom. The van der Waals surface area contributed by atoms with E-state index in [9.17, 15) is 0 Å². The van der Waals surface area contributed by atoms with Crippen molar-refractivity contribution in [3.8, 4) is 17.2 Å². The van der Waals surface area contributed by atoms with Crippen LogP contribution in [0, 0.1) is 0 Å². The molecule has 0 aromatic heterocycles. The standard InChI is InChI=1S/C16H22N2O3/c1-19-14-7-11(8-15-16(14)21-10-20-15)9-17-12-4-6-18-5-2-3-13(12)18/h7-8,12-13,17H,2-6,9-10H2,1H3. The first kappa shape index (κ1) is 13.2. The number of rotatable bonds is 4. The molecular formula is C16H22N2O3. The number of ether oxygens (including phenoxy) is 3. The Morgan fingerprint density at radius 2 is 2.24 bits per heavy atom. The van der Waals surface area contributed by atoms with Gasteiger partial charge in [-0.15, -0.1) is 0 Å². The van der Waals surface area contributed by atoms with E-state index in [1.165, 1.54) is 37.9 Å². The van der Waals surface area contributed by atoms with Crippen molar-refractivity contribution in [1.29, 1.82) is 0 Å². The zero-order chi connectivity index (χ0) is 14.2. The molecule has 114 valence electrons. The van der Waals surface area contributed by atoms with Crippen LogP contribution < -0.4 is 19.5 Å². The van der Waals surface area contributed by atoms with E-state index in [1.807, 2.05) is 6.07 Å². The van der Waals surface area contributed by atoms with Crippen LogP contribution in [-0.4, -0.2) is 44.0 Å². The van der Waals surface area contributed by atoms with Gasteiger partial charge in [-0.05, 0) is 43.5 Å². The Balaban J connectivity index is 1.45. The SMILES string of the molecule is COc1cc(CNC2CCN3CCCC23)cc2c1OCO2. The third-order valence-electron chi connectivity index (χ3n) is 4.89. The molecule has 3 heterocycles. The Labute approximate surface area is 125 Å². The highest BCUT2D eigenvalue weighted by Crippen LogP contribution is 2.41. The number of fused-ring (bicyclic) bond motifs is 2. The molecule has 2 fully saturated rings. The molecular weight excluding hydrogens is 268 g/mol. The molecule has 3 aliphatic heterocycles. The molecule has 0 bridgehead atoms. The summed E-state index contributed by atoms with van der Waals surface area (Å²) < 4.78 is 16.3. The van der Waals surface area contributed by atoms with Crippen LogP contribution in [0.15, 0.2) is 12.1 Å². The van der Waals surface area contributed by atoms with Crippen molar-refractivity contribution >= 4 is 0 Å². The second-order valence-corrected chi connectivity index (χ2v) is 6.05. The number of nitrogens with one attached hydrogen (secondary N) is 1. The number of hydrogen-bond acceptors (Lipinski definition) is 5. The maximum absolute atomic E-state index is 5.48. The van der Waals surface area contributed by atoms with Crippen LogP contribution in [0.4, 0.5) is 0 Å². The van der Waals surface area contributed by atoms with Crippen LogP contribution in [0.2, 0.25) is 0 Å². The maximum Gasteiger partial charge on any atom is 0.231 e. The Kier molecular flexibility index (Phi) is 3.39. The third kappa shape index (κ3) is 2.34. The summed E-state index contributed by atoms with van der Waals surface area (Å²) in [6.45, 7) is 3.65. The predicted molar refractivity (Wildman–Crippen MR) is 79.0 cm³/mol. The van der Waals surface area contributed by atoms with E-state index in [0.717, 1.165) is 29.8 Å². The zero-order valence-electron chi connectivity index (χ0n) is 12.4. The predicted octanol–water partition coefficient (Wildman–Crippen LogP) is 1.75. The van der Waals surface area contributed by atoms with Gasteiger partial charge in [-0.1, -0.05) is 0 Å². The van der Waals surface area contributed by atoms with Crippen molar-refractivity contribution in [2.75, 3.05) is 27.0 Å². The van der Waals surface area contributed by atoms with Gasteiger partial charge < -0.3 is 19.5 Å². The molecule has 5 heteroatoms. The largest absolute Gasteiger partial charge is 0.493 e. The molecule has 1 N–H and O–H groups in total. The van der Waals surface area contributed by atoms with Crippen LogP contribution in [0.3, 0.4) is 0 Å². The Bertz CT molecular complexity index is 534. The summed E-state index contributed by atoms with van der Waals surface area (Å²) in [6.07, 6.45) is 3.94. The fourth-order valence-electron chi connectivity index (χ4n) is 3.86. The van der Waals surface area contributed by atoms with Crippen molar-refractivity contribution in [3.63, 3.8) is 0 Å². The lowest BCUT2D eigenvalue weighted by Gasteiger charge is -2.21. The molecule has 0 spiro atoms. The van der Waals surface area contributed by atoms with Gasteiger partial charge in [0.15, 0.2) is 11.5 Å². The average molecular weight is 290 g/mol. The highest BCUT2D eigenvalue weighted by Gasteiger charge is 2.36. The summed E-state index contributed by atoms with van der Waals surface area (Å²) in [7, 11) is 1.67. The van der Waals surface area contributed by atoms with Crippen molar-refractivity contribution in [3.05, 3.63) is 17.7 Å². The lowest BCUT2D eigenvalue weighted by molar-refractivity contribution is 0.171. The summed E-state index contributed by atoms with van der Waals surface area (Å²) in [6, 6.07) is 5.45. The minimum atomic E-state index is 0.280. The van der Waals surface area contributed by atoms with Gasteiger partial charge in [-0.3, -0.25) is 4.90 Å². The third-order valence-corrected chi connectivity index (χ3v) is 4.89. The monoisotopic (exact) mass is 290 g/mol. The molecule has 2 saturated heterocycles. The molecule has 2 unspecified atom stereocenters. The molecule has 0 amide bonds. The van der Waals surface area contributed by atoms with Crippen LogP contribution in [0.5, 0.6) is 17.2 Å². The lowest BCUT2D eigenvalue weighted by atomic mass is 10.1. The first-order valence-electron chi connectivity index (χ1n) is 7.79. The minimum Gasteiger partial charge on any atom is -0.493 e. The topological polar surface area (TPSA) is 43.0 Å². The van der Waals surface area contributed by atoms with E-state index in [4.69, 9.17) is 14.2 Å². The number of methoxy groups -OCH3 is 1. The smallest absolute Gasteiger partial charge is 0.231 e. The Hall–Kier alpha value is -1.46. The molecule has 21 heavy (non-hydrogen) atoms. The van der Waals surface area contributed by atoms with Gasteiger partial charge in [0.2, 0.25) is 12.5 Å². The molecule has 3 aliphatic rings. The second-order valence-electron chi connectivity index (χ2n) is 6.05. The summed E-state index contributed by atoms with van der Waals surface area (Å²) in [5, 5.41) is 3.72. The van der Waals surface area contributed by atoms with E-state index in [0.29, 0.717) is 6.04 Å². The average Bonchev–Trinajstić information content (AvgIpc) is 3.20. The molecule has 0 radical (unpaired) electrons. The summed E-state index contributed by atoms with van der Waals surface area (Å²) >= 11 is 0. The first-order chi connectivity index (χ1) is 10.3. The highest BCUT2D eigenvalue weighted by molar-refractivity contribution is 5.55. The highest BCUT2D eigenvalue weighted by atomic mass is 16.7. The van der Waals surface area contributed by atoms with Gasteiger partial charge in [0.05, 0.1) is 7.11 Å². The Morgan fingerprint density at radius 1 is 1.29 bits per heavy atom. The molecule has 1 aromatic rings. The van der Waals surface area contributed by atoms with Crippen LogP contribution in [0.25, 0.3) is 0 Å². The van der Waals surface area contributed by atoms with Gasteiger partial charge in [0.25, 0.3) is 0 Å². The number of nitrogens with zero attached hydrogens (tertiary/aromatic N) is 1. The van der Waals surface area contributed by atoms with E-state index in [-0.39, 0.29) is 6.79 Å². The van der Waals surface area contributed by atoms with Crippen LogP contribution >= 0.6 is 0 Å². The minimum absolute atomic E-state index is 0.280. The number of hydrogen-bond donors (Lipinski definition) is 1. The molecule has 0 saturated carbocycles. The summed E-state index contributed by atoms with van der Waals surface area (Å²) in [4.78, 5) is 2.62. The van der Waals surface area contributed by atoms with E-state index in [1.54, 1.807) is 7.11 Å². The maximum atomic E-state index is 5.48. The summed E-state index contributed by atoms with van der Waals surface area (Å²) in [5.74, 6) is 2.28. The van der Waals surface area contributed by atoms with Gasteiger partial charge in [-0.25, -0.2) is 0 Å². The van der Waals surface area contributed by atoms with Gasteiger partial charge in [-0.2, -0.15) is 0 Å². The van der Waals surface area contributed by atoms with Gasteiger partial charge >= 0.3 is 0 Å². The van der Waals surface area contributed by atoms with Crippen LogP contribution in [0.1, 0.15) is 24.8 Å². The van der Waals surface area contributed by atoms with Crippen molar-refractivity contribution < 1.29 is 14.2 Å². The van der Waals surface area contributed by atoms with Crippen molar-refractivity contribution in [2.24, 2.45) is 0 Å². The van der Waals surface area contributed by atoms with E-state index >= 15 is 0 Å². The van der Waals surface area contributed by atoms with Gasteiger partial charge in [0, 0.05) is 25.2 Å². The molecule has 5 nitrogen and oxygen atoms in total. The molecule has 1 aromatic carbocycles. The van der Waals surface area contributed by atoms with Crippen molar-refractivity contribution in [1.82, 2.24) is 10.2 Å². The lowest BCUT2D eigenvalue weighted by Crippen LogP contribution is -2.38. The fourth-order valence-corrected chi connectivity index (χ4v) is 3.86. The number of benzene rings is 1. The van der Waals surface area contributed by atoms with Crippen LogP contribution in [-0.2, 0) is 6.54 Å². The quantitative estimate of drug-likeness (QED) is 0.915. The molecule has 4 rings (SSSR count). The van der Waals surface area contributed by atoms with Crippen molar-refractivity contribution in [2.45, 2.75) is 37.9 Å². The van der Waals surface area contributed by atoms with Gasteiger partial charge in [0.1, 0.15) is 0 Å². The zero-order valence-corrected chi connectivity index (χ0v) is 12.4. The first-order valence-corrected chi connectivity index (χ1v) is 7.79. The molecule has 2 atom stereocenters. The van der Waals surface area contributed by atoms with E-state index < -0.39 is 0 Å². The second kappa shape index (κ2) is 5.39. The normalized spacial score (nSPS) is 27.1. The summed E-state index contributed by atoms with van der Waals surface area (Å²) in [5.41, 5.74) is 1.19. The van der Waals surface area contributed by atoms with E-state index in [2.05, 4.69) is 16.3 Å². The molecule has 0 aliphatic carbocycles.